The quantitative estimate of drug-likeness (QED) is 0.392. The van der Waals surface area contributed by atoms with E-state index in [9.17, 15) is 9.59 Å². The summed E-state index contributed by atoms with van der Waals surface area (Å²) in [4.78, 5) is 23.7. The molecule has 1 aromatic carbocycles. The monoisotopic (exact) mass is 364 g/mol. The lowest BCUT2D eigenvalue weighted by Crippen LogP contribution is -2.11. The number of rotatable bonds is 5. The van der Waals surface area contributed by atoms with Crippen molar-refractivity contribution in [2.24, 2.45) is 0 Å². The van der Waals surface area contributed by atoms with Crippen LogP contribution >= 0.6 is 0 Å². The number of benzene rings is 1. The number of furan rings is 1. The largest absolute Gasteiger partial charge is 0.465 e. The van der Waals surface area contributed by atoms with Crippen LogP contribution in [0.3, 0.4) is 0 Å². The molecule has 0 spiro atoms. The van der Waals surface area contributed by atoms with Crippen LogP contribution in [0.15, 0.2) is 52.5 Å². The summed E-state index contributed by atoms with van der Waals surface area (Å²) in [6.45, 7) is 0.430. The molecule has 136 valence electrons. The van der Waals surface area contributed by atoms with Gasteiger partial charge in [0.15, 0.2) is 5.58 Å². The molecule has 0 amide bonds. The zero-order valence-electron chi connectivity index (χ0n) is 14.8. The van der Waals surface area contributed by atoms with Crippen LogP contribution in [-0.4, -0.2) is 30.7 Å². The molecule has 0 N–H and O–H groups in total. The van der Waals surface area contributed by atoms with Gasteiger partial charge < -0.3 is 18.5 Å². The fourth-order valence-electron chi connectivity index (χ4n) is 2.73. The third-order valence-corrected chi connectivity index (χ3v) is 4.00. The number of carbonyl (C=O) groups is 2. The summed E-state index contributed by atoms with van der Waals surface area (Å²) >= 11 is 0. The number of ether oxygens (including phenoxy) is 2. The third-order valence-electron chi connectivity index (χ3n) is 4.00. The smallest absolute Gasteiger partial charge is 0.354 e. The van der Waals surface area contributed by atoms with Gasteiger partial charge in [0.25, 0.3) is 0 Å². The fourth-order valence-corrected chi connectivity index (χ4v) is 2.73. The van der Waals surface area contributed by atoms with Crippen molar-refractivity contribution >= 4 is 29.1 Å². The van der Waals surface area contributed by atoms with Gasteiger partial charge >= 0.3 is 11.9 Å². The number of hydrogen-bond acceptors (Lipinski definition) is 6. The molecule has 0 saturated carbocycles. The van der Waals surface area contributed by atoms with E-state index in [4.69, 9.17) is 14.4 Å². The van der Waals surface area contributed by atoms with Crippen LogP contribution in [0, 0.1) is 11.3 Å². The number of esters is 2. The summed E-state index contributed by atoms with van der Waals surface area (Å²) in [6.07, 6.45) is 1.30. The third kappa shape index (κ3) is 3.60. The van der Waals surface area contributed by atoms with E-state index in [-0.39, 0.29) is 5.57 Å². The Morgan fingerprint density at radius 2 is 1.93 bits per heavy atom. The predicted octanol–water partition coefficient (Wildman–Crippen LogP) is 3.15. The lowest BCUT2D eigenvalue weighted by Gasteiger charge is -2.08. The van der Waals surface area contributed by atoms with Gasteiger partial charge in [-0.25, -0.2) is 9.59 Å². The van der Waals surface area contributed by atoms with Crippen molar-refractivity contribution in [3.05, 3.63) is 65.1 Å². The van der Waals surface area contributed by atoms with Crippen LogP contribution in [0.25, 0.3) is 17.2 Å². The summed E-state index contributed by atoms with van der Waals surface area (Å²) < 4.78 is 16.9. The first-order chi connectivity index (χ1) is 13.1. The van der Waals surface area contributed by atoms with Crippen molar-refractivity contribution < 1.29 is 23.5 Å². The molecule has 2 heterocycles. The number of nitrogens with zero attached hydrogens (tertiary/aromatic N) is 2. The summed E-state index contributed by atoms with van der Waals surface area (Å²) in [6, 6.07) is 14.6. The maximum atomic E-state index is 12.1. The van der Waals surface area contributed by atoms with Crippen LogP contribution < -0.4 is 0 Å². The first-order valence-corrected chi connectivity index (χ1v) is 8.02. The van der Waals surface area contributed by atoms with E-state index in [1.807, 2.05) is 30.3 Å². The first-order valence-electron chi connectivity index (χ1n) is 8.02. The van der Waals surface area contributed by atoms with Crippen LogP contribution in [0.4, 0.5) is 0 Å². The van der Waals surface area contributed by atoms with E-state index in [0.29, 0.717) is 29.1 Å². The molecular weight excluding hydrogens is 348 g/mol. The molecule has 3 rings (SSSR count). The van der Waals surface area contributed by atoms with Gasteiger partial charge in [-0.15, -0.1) is 0 Å². The molecule has 0 fully saturated rings. The highest BCUT2D eigenvalue weighted by molar-refractivity contribution is 5.98. The van der Waals surface area contributed by atoms with Crippen molar-refractivity contribution in [2.75, 3.05) is 14.2 Å². The van der Waals surface area contributed by atoms with E-state index in [2.05, 4.69) is 4.74 Å². The minimum atomic E-state index is -0.749. The summed E-state index contributed by atoms with van der Waals surface area (Å²) in [5.41, 5.74) is 2.24. The van der Waals surface area contributed by atoms with Gasteiger partial charge in [-0.05, 0) is 5.56 Å². The second-order valence-corrected chi connectivity index (χ2v) is 5.65. The van der Waals surface area contributed by atoms with Gasteiger partial charge in [-0.3, -0.25) is 0 Å². The van der Waals surface area contributed by atoms with Gasteiger partial charge in [-0.1, -0.05) is 30.3 Å². The molecule has 0 aliphatic heterocycles. The Bertz CT molecular complexity index is 1070. The summed E-state index contributed by atoms with van der Waals surface area (Å²) in [7, 11) is 2.51. The van der Waals surface area contributed by atoms with Gasteiger partial charge in [0, 0.05) is 24.8 Å². The summed E-state index contributed by atoms with van der Waals surface area (Å²) in [5, 5.41) is 9.09. The van der Waals surface area contributed by atoms with Crippen LogP contribution in [-0.2, 0) is 20.8 Å². The lowest BCUT2D eigenvalue weighted by molar-refractivity contribution is -0.135. The van der Waals surface area contributed by atoms with Gasteiger partial charge in [-0.2, -0.15) is 5.26 Å². The van der Waals surface area contributed by atoms with E-state index in [1.54, 1.807) is 22.8 Å². The molecule has 3 aromatic rings. The van der Waals surface area contributed by atoms with Crippen molar-refractivity contribution in [1.29, 1.82) is 5.26 Å². The standard InChI is InChI=1S/C20H16N2O5/c1-25-19(23)14(11-21)8-15-9-16-18(27-15)10-17(20(24)26-2)22(16)12-13-6-4-3-5-7-13/h3-10H,12H2,1-2H3/b14-8+. The Morgan fingerprint density at radius 3 is 2.56 bits per heavy atom. The molecule has 27 heavy (non-hydrogen) atoms. The van der Waals surface area contributed by atoms with Crippen molar-refractivity contribution in [3.63, 3.8) is 0 Å². The second-order valence-electron chi connectivity index (χ2n) is 5.65. The first kappa shape index (κ1) is 18.0. The maximum Gasteiger partial charge on any atom is 0.354 e. The van der Waals surface area contributed by atoms with E-state index in [0.717, 1.165) is 5.56 Å². The molecule has 0 atom stereocenters. The van der Waals surface area contributed by atoms with Gasteiger partial charge in [0.2, 0.25) is 0 Å². The van der Waals surface area contributed by atoms with Gasteiger partial charge in [0.1, 0.15) is 23.1 Å². The van der Waals surface area contributed by atoms with Crippen LogP contribution in [0.5, 0.6) is 0 Å². The minimum absolute atomic E-state index is 0.184. The van der Waals surface area contributed by atoms with Crippen LogP contribution in [0.2, 0.25) is 0 Å². The Kier molecular flexibility index (Phi) is 5.08. The van der Waals surface area contributed by atoms with Crippen molar-refractivity contribution in [3.8, 4) is 6.07 Å². The Hall–Kier alpha value is -3.79. The number of hydrogen-bond donors (Lipinski definition) is 0. The molecule has 7 nitrogen and oxygen atoms in total. The number of carbonyl (C=O) groups excluding carboxylic acids is 2. The predicted molar refractivity (Wildman–Crippen MR) is 96.7 cm³/mol. The number of methoxy groups -OCH3 is 2. The van der Waals surface area contributed by atoms with Gasteiger partial charge in [0.05, 0.1) is 19.7 Å². The molecule has 0 aliphatic rings. The number of nitriles is 1. The molecule has 2 aromatic heterocycles. The fraction of sp³-hybridized carbons (Fsp3) is 0.150. The summed E-state index contributed by atoms with van der Waals surface area (Å²) in [5.74, 6) is -0.928. The van der Waals surface area contributed by atoms with E-state index < -0.39 is 11.9 Å². The molecule has 0 radical (unpaired) electrons. The average Bonchev–Trinajstić information content (AvgIpc) is 3.24. The minimum Gasteiger partial charge on any atom is -0.465 e. The highest BCUT2D eigenvalue weighted by atomic mass is 16.5. The highest BCUT2D eigenvalue weighted by Crippen LogP contribution is 2.27. The molecule has 0 saturated heterocycles. The number of fused-ring (bicyclic) bond motifs is 1. The van der Waals surface area contributed by atoms with E-state index >= 15 is 0 Å². The zero-order valence-corrected chi connectivity index (χ0v) is 14.8. The Morgan fingerprint density at radius 1 is 1.19 bits per heavy atom. The molecule has 0 aliphatic carbocycles. The molecule has 0 bridgehead atoms. The highest BCUT2D eigenvalue weighted by Gasteiger charge is 2.20. The Balaban J connectivity index is 2.09. The SMILES string of the molecule is COC(=O)/C(C#N)=C/c1cc2c(cc(C(=O)OC)n2Cc2ccccc2)o1. The Labute approximate surface area is 155 Å². The van der Waals surface area contributed by atoms with E-state index in [1.165, 1.54) is 20.3 Å². The lowest BCUT2D eigenvalue weighted by atomic mass is 10.2. The molecule has 0 unspecified atom stereocenters. The number of aromatic nitrogens is 1. The second kappa shape index (κ2) is 7.62. The normalized spacial score (nSPS) is 11.2. The maximum absolute atomic E-state index is 12.1. The molecule has 7 heteroatoms. The van der Waals surface area contributed by atoms with Crippen LogP contribution in [0.1, 0.15) is 21.8 Å². The molecular formula is C20H16N2O5. The van der Waals surface area contributed by atoms with Crippen molar-refractivity contribution in [2.45, 2.75) is 6.54 Å². The average molecular weight is 364 g/mol. The topological polar surface area (TPSA) is 94.5 Å². The van der Waals surface area contributed by atoms with Crippen molar-refractivity contribution in [1.82, 2.24) is 4.57 Å². The zero-order chi connectivity index (χ0) is 19.4.